The molecule has 0 amide bonds. The fourth-order valence-corrected chi connectivity index (χ4v) is 10.8. The Labute approximate surface area is 360 Å². The fraction of sp³-hybridized carbons (Fsp3) is 0.0169. The van der Waals surface area contributed by atoms with Crippen molar-refractivity contribution >= 4 is 66.8 Å². The molecule has 0 aliphatic heterocycles. The summed E-state index contributed by atoms with van der Waals surface area (Å²) in [6.45, 7) is 0. The van der Waals surface area contributed by atoms with E-state index in [9.17, 15) is 0 Å². The first-order valence-electron chi connectivity index (χ1n) is 21.3. The predicted molar refractivity (Wildman–Crippen MR) is 257 cm³/mol. The highest BCUT2D eigenvalue weighted by molar-refractivity contribution is 6.11. The third-order valence-corrected chi connectivity index (χ3v) is 13.2. The number of anilines is 6. The van der Waals surface area contributed by atoms with Gasteiger partial charge < -0.3 is 14.2 Å². The molecule has 1 aromatic heterocycles. The summed E-state index contributed by atoms with van der Waals surface area (Å²) in [4.78, 5) is 4.86. The Kier molecular flexibility index (Phi) is 7.52. The van der Waals surface area contributed by atoms with Crippen LogP contribution >= 0.6 is 0 Å². The molecular formula is C59H38N2O. The molecule has 290 valence electrons. The zero-order valence-corrected chi connectivity index (χ0v) is 33.7. The monoisotopic (exact) mass is 790 g/mol. The molecule has 3 nitrogen and oxygen atoms in total. The minimum atomic E-state index is -0.653. The lowest BCUT2D eigenvalue weighted by atomic mass is 9.69. The summed E-state index contributed by atoms with van der Waals surface area (Å²) in [7, 11) is 0. The van der Waals surface area contributed by atoms with Crippen LogP contribution in [-0.4, -0.2) is 0 Å². The minimum Gasteiger partial charge on any atom is -0.456 e. The van der Waals surface area contributed by atoms with E-state index < -0.39 is 5.41 Å². The van der Waals surface area contributed by atoms with E-state index >= 15 is 0 Å². The summed E-state index contributed by atoms with van der Waals surface area (Å²) >= 11 is 0. The first-order chi connectivity index (χ1) is 30.8. The minimum absolute atomic E-state index is 0.653. The number of hydrogen-bond donors (Lipinski definition) is 0. The van der Waals surface area contributed by atoms with Crippen LogP contribution in [0.25, 0.3) is 55.0 Å². The highest BCUT2D eigenvalue weighted by atomic mass is 16.3. The number of para-hydroxylation sites is 4. The molecule has 1 atom stereocenters. The maximum absolute atomic E-state index is 6.50. The molecule has 2 aliphatic carbocycles. The van der Waals surface area contributed by atoms with Crippen molar-refractivity contribution in [2.75, 3.05) is 9.80 Å². The van der Waals surface area contributed by atoms with E-state index in [0.717, 1.165) is 56.1 Å². The van der Waals surface area contributed by atoms with Crippen molar-refractivity contribution in [3.8, 4) is 22.3 Å². The molecule has 11 aromatic rings. The first-order valence-corrected chi connectivity index (χ1v) is 21.3. The predicted octanol–water partition coefficient (Wildman–Crippen LogP) is 16.0. The van der Waals surface area contributed by atoms with Crippen LogP contribution in [0, 0.1) is 0 Å². The zero-order valence-electron chi connectivity index (χ0n) is 33.7. The molecule has 0 N–H and O–H groups in total. The molecule has 3 heteroatoms. The Morgan fingerprint density at radius 3 is 1.56 bits per heavy atom. The summed E-state index contributed by atoms with van der Waals surface area (Å²) in [6.07, 6.45) is 0. The summed E-state index contributed by atoms with van der Waals surface area (Å²) in [5.74, 6) is 0. The molecule has 2 aliphatic rings. The van der Waals surface area contributed by atoms with E-state index in [2.05, 4.69) is 228 Å². The Hall–Kier alpha value is -8.14. The number of fused-ring (bicyclic) bond motifs is 15. The number of rotatable bonds is 6. The van der Waals surface area contributed by atoms with Crippen LogP contribution in [0.15, 0.2) is 235 Å². The molecule has 1 unspecified atom stereocenters. The molecule has 0 radical (unpaired) electrons. The van der Waals surface area contributed by atoms with Crippen molar-refractivity contribution in [3.63, 3.8) is 0 Å². The average molecular weight is 791 g/mol. The van der Waals surface area contributed by atoms with Gasteiger partial charge in [0.2, 0.25) is 0 Å². The van der Waals surface area contributed by atoms with E-state index in [1.54, 1.807) is 0 Å². The third-order valence-electron chi connectivity index (χ3n) is 13.2. The van der Waals surface area contributed by atoms with E-state index in [1.165, 1.54) is 55.3 Å². The lowest BCUT2D eigenvalue weighted by Crippen LogP contribution is -2.28. The van der Waals surface area contributed by atoms with Gasteiger partial charge in [-0.15, -0.1) is 0 Å². The van der Waals surface area contributed by atoms with Crippen LogP contribution in [0.2, 0.25) is 0 Å². The van der Waals surface area contributed by atoms with Crippen LogP contribution in [0.3, 0.4) is 0 Å². The molecule has 0 saturated carbocycles. The van der Waals surface area contributed by atoms with Gasteiger partial charge >= 0.3 is 0 Å². The number of hydrogen-bond acceptors (Lipinski definition) is 3. The maximum Gasteiger partial charge on any atom is 0.137 e. The van der Waals surface area contributed by atoms with Gasteiger partial charge in [0.25, 0.3) is 0 Å². The Morgan fingerprint density at radius 1 is 0.323 bits per heavy atom. The Morgan fingerprint density at radius 2 is 0.839 bits per heavy atom. The highest BCUT2D eigenvalue weighted by Crippen LogP contribution is 2.67. The summed E-state index contributed by atoms with van der Waals surface area (Å²) in [6, 6.07) is 84.1. The van der Waals surface area contributed by atoms with Crippen molar-refractivity contribution in [1.29, 1.82) is 0 Å². The van der Waals surface area contributed by atoms with Crippen LogP contribution in [0.4, 0.5) is 34.1 Å². The third kappa shape index (κ3) is 4.88. The zero-order chi connectivity index (χ0) is 40.8. The molecule has 10 aromatic carbocycles. The smallest absolute Gasteiger partial charge is 0.137 e. The largest absolute Gasteiger partial charge is 0.456 e. The van der Waals surface area contributed by atoms with Crippen molar-refractivity contribution in [3.05, 3.63) is 253 Å². The van der Waals surface area contributed by atoms with Gasteiger partial charge in [0.05, 0.1) is 11.1 Å². The average Bonchev–Trinajstić information content (AvgIpc) is 3.97. The van der Waals surface area contributed by atoms with Gasteiger partial charge in [0, 0.05) is 50.8 Å². The maximum atomic E-state index is 6.50. The number of furan rings is 1. The highest BCUT2D eigenvalue weighted by Gasteiger charge is 2.54. The van der Waals surface area contributed by atoms with Gasteiger partial charge in [-0.1, -0.05) is 152 Å². The fourth-order valence-electron chi connectivity index (χ4n) is 10.8. The molecule has 1 heterocycles. The quantitative estimate of drug-likeness (QED) is 0.167. The van der Waals surface area contributed by atoms with Crippen LogP contribution in [0.1, 0.15) is 22.3 Å². The van der Waals surface area contributed by atoms with Crippen LogP contribution in [0.5, 0.6) is 0 Å². The van der Waals surface area contributed by atoms with Crippen molar-refractivity contribution < 1.29 is 4.42 Å². The summed E-state index contributed by atoms with van der Waals surface area (Å²) in [5, 5.41) is 4.70. The lowest BCUT2D eigenvalue weighted by molar-refractivity contribution is 0.669. The standard InChI is InChI=1S/C59H38N2O/c1-4-19-40(20-5-1)60(44-33-35-49-48-27-14-17-31-55(48)62-56(49)38-44)43-32-34-47-46-26-12-15-29-51(46)59(53(47)37-43)52-30-16-13-28-50(52)57-45-25-11-10-18-39(45)36-54(58(57)59)61(41-21-6-2-7-22-41)42-23-8-3-9-24-42/h1-38H. The second-order valence-corrected chi connectivity index (χ2v) is 16.4. The van der Waals surface area contributed by atoms with E-state index in [1.807, 2.05) is 12.1 Å². The lowest BCUT2D eigenvalue weighted by Gasteiger charge is -2.36. The van der Waals surface area contributed by atoms with E-state index in [4.69, 9.17) is 4.42 Å². The first kappa shape index (κ1) is 34.7. The van der Waals surface area contributed by atoms with Gasteiger partial charge in [-0.2, -0.15) is 0 Å². The Balaban J connectivity index is 1.14. The topological polar surface area (TPSA) is 19.6 Å². The van der Waals surface area contributed by atoms with Crippen LogP contribution in [-0.2, 0) is 5.41 Å². The normalized spacial score (nSPS) is 14.5. The Bertz CT molecular complexity index is 3500. The molecular weight excluding hydrogens is 753 g/mol. The van der Waals surface area contributed by atoms with Gasteiger partial charge in [-0.25, -0.2) is 0 Å². The number of nitrogens with zero attached hydrogens (tertiary/aromatic N) is 2. The summed E-state index contributed by atoms with van der Waals surface area (Å²) in [5.41, 5.74) is 17.9. The number of benzene rings is 10. The summed E-state index contributed by atoms with van der Waals surface area (Å²) < 4.78 is 6.50. The molecule has 13 rings (SSSR count). The van der Waals surface area contributed by atoms with Gasteiger partial charge in [-0.3, -0.25) is 0 Å². The van der Waals surface area contributed by atoms with Crippen molar-refractivity contribution in [2.24, 2.45) is 0 Å². The SMILES string of the molecule is c1ccc(N(c2ccc3c(c2)C2(c4ccccc4-3)c3ccccc3-c3c2c(N(c2ccccc2)c2ccccc2)cc2ccccc32)c2ccc3c(c2)oc2ccccc23)cc1. The van der Waals surface area contributed by atoms with E-state index in [0.29, 0.717) is 0 Å². The van der Waals surface area contributed by atoms with Crippen LogP contribution < -0.4 is 9.80 Å². The molecule has 0 bridgehead atoms. The molecule has 0 saturated heterocycles. The molecule has 62 heavy (non-hydrogen) atoms. The van der Waals surface area contributed by atoms with Gasteiger partial charge in [0.15, 0.2) is 0 Å². The van der Waals surface area contributed by atoms with Crippen molar-refractivity contribution in [1.82, 2.24) is 0 Å². The second-order valence-electron chi connectivity index (χ2n) is 16.4. The van der Waals surface area contributed by atoms with Gasteiger partial charge in [0.1, 0.15) is 11.2 Å². The van der Waals surface area contributed by atoms with Gasteiger partial charge in [-0.05, 0) is 123 Å². The second kappa shape index (κ2) is 13.4. The molecule has 1 spiro atoms. The van der Waals surface area contributed by atoms with Crippen molar-refractivity contribution in [2.45, 2.75) is 5.41 Å². The van der Waals surface area contributed by atoms with E-state index in [-0.39, 0.29) is 0 Å². The molecule has 0 fully saturated rings.